The molecule has 3 aromatic carbocycles. The van der Waals surface area contributed by atoms with E-state index < -0.39 is 24.2 Å². The molecular formula is C19H15FN2O3. The summed E-state index contributed by atoms with van der Waals surface area (Å²) >= 11 is 0. The predicted molar refractivity (Wildman–Crippen MR) is 91.5 cm³/mol. The van der Waals surface area contributed by atoms with Gasteiger partial charge in [-0.05, 0) is 35.0 Å². The first-order valence-corrected chi connectivity index (χ1v) is 7.59. The van der Waals surface area contributed by atoms with Gasteiger partial charge in [-0.2, -0.15) is 0 Å². The number of rotatable bonds is 4. The Morgan fingerprint density at radius 2 is 1.60 bits per heavy atom. The zero-order chi connectivity index (χ0) is 17.6. The first-order valence-electron chi connectivity index (χ1n) is 7.59. The quantitative estimate of drug-likeness (QED) is 0.719. The number of carbonyl (C=O) groups excluding carboxylic acids is 2. The molecule has 126 valence electrons. The summed E-state index contributed by atoms with van der Waals surface area (Å²) in [6.07, 6.45) is 0. The molecule has 2 N–H and O–H groups in total. The van der Waals surface area contributed by atoms with Gasteiger partial charge in [0.1, 0.15) is 0 Å². The van der Waals surface area contributed by atoms with E-state index in [1.54, 1.807) is 18.2 Å². The molecule has 0 aliphatic rings. The van der Waals surface area contributed by atoms with Crippen molar-refractivity contribution in [1.82, 2.24) is 10.9 Å². The fourth-order valence-corrected chi connectivity index (χ4v) is 2.27. The molecule has 6 heteroatoms. The molecule has 0 aromatic heterocycles. The van der Waals surface area contributed by atoms with Crippen LogP contribution >= 0.6 is 0 Å². The first kappa shape index (κ1) is 16.4. The van der Waals surface area contributed by atoms with Crippen molar-refractivity contribution in [3.05, 3.63) is 78.1 Å². The second-order valence-corrected chi connectivity index (χ2v) is 5.28. The van der Waals surface area contributed by atoms with Crippen molar-refractivity contribution in [3.8, 4) is 5.75 Å². The Balaban J connectivity index is 1.54. The number of hydrogen-bond acceptors (Lipinski definition) is 3. The van der Waals surface area contributed by atoms with Crippen LogP contribution in [0.1, 0.15) is 10.4 Å². The molecule has 5 nitrogen and oxygen atoms in total. The lowest BCUT2D eigenvalue weighted by Gasteiger charge is -2.09. The maximum atomic E-state index is 13.4. The number of hydrogen-bond donors (Lipinski definition) is 2. The SMILES string of the molecule is O=C(COc1ccccc1F)NNC(=O)c1ccc2ccccc2c1. The average molecular weight is 338 g/mol. The van der Waals surface area contributed by atoms with Crippen LogP contribution < -0.4 is 15.6 Å². The van der Waals surface area contributed by atoms with Gasteiger partial charge in [0.05, 0.1) is 0 Å². The number of nitrogens with one attached hydrogen (secondary N) is 2. The Morgan fingerprint density at radius 3 is 2.40 bits per heavy atom. The van der Waals surface area contributed by atoms with Gasteiger partial charge in [0.25, 0.3) is 11.8 Å². The van der Waals surface area contributed by atoms with Crippen molar-refractivity contribution < 1.29 is 18.7 Å². The van der Waals surface area contributed by atoms with Gasteiger partial charge in [0, 0.05) is 5.56 Å². The van der Waals surface area contributed by atoms with Crippen molar-refractivity contribution in [2.75, 3.05) is 6.61 Å². The summed E-state index contributed by atoms with van der Waals surface area (Å²) in [6.45, 7) is -0.418. The second kappa shape index (κ2) is 7.44. The zero-order valence-corrected chi connectivity index (χ0v) is 13.2. The molecule has 0 saturated carbocycles. The molecule has 0 heterocycles. The third-order valence-electron chi connectivity index (χ3n) is 3.52. The van der Waals surface area contributed by atoms with Gasteiger partial charge in [0.2, 0.25) is 0 Å². The van der Waals surface area contributed by atoms with Crippen LogP contribution in [0.4, 0.5) is 4.39 Å². The smallest absolute Gasteiger partial charge is 0.276 e. The van der Waals surface area contributed by atoms with Crippen LogP contribution in [-0.4, -0.2) is 18.4 Å². The summed E-state index contributed by atoms with van der Waals surface area (Å²) in [5, 5.41) is 1.94. The van der Waals surface area contributed by atoms with Crippen LogP contribution in [-0.2, 0) is 4.79 Å². The fourth-order valence-electron chi connectivity index (χ4n) is 2.27. The molecule has 0 unspecified atom stereocenters. The van der Waals surface area contributed by atoms with Gasteiger partial charge >= 0.3 is 0 Å². The van der Waals surface area contributed by atoms with Crippen molar-refractivity contribution in [2.45, 2.75) is 0 Å². The Bertz CT molecular complexity index is 927. The Hall–Kier alpha value is -3.41. The normalized spacial score (nSPS) is 10.3. The minimum atomic E-state index is -0.600. The molecule has 3 rings (SSSR count). The van der Waals surface area contributed by atoms with Crippen LogP contribution in [0.3, 0.4) is 0 Å². The summed E-state index contributed by atoms with van der Waals surface area (Å²) in [7, 11) is 0. The van der Waals surface area contributed by atoms with E-state index in [0.717, 1.165) is 10.8 Å². The Morgan fingerprint density at radius 1 is 0.880 bits per heavy atom. The van der Waals surface area contributed by atoms with Crippen LogP contribution in [0.15, 0.2) is 66.7 Å². The number of carbonyl (C=O) groups is 2. The fraction of sp³-hybridized carbons (Fsp3) is 0.0526. The topological polar surface area (TPSA) is 67.4 Å². The van der Waals surface area contributed by atoms with E-state index in [-0.39, 0.29) is 5.75 Å². The maximum Gasteiger partial charge on any atom is 0.276 e. The minimum Gasteiger partial charge on any atom is -0.481 e. The monoisotopic (exact) mass is 338 g/mol. The van der Waals surface area contributed by atoms with Gasteiger partial charge < -0.3 is 4.74 Å². The van der Waals surface area contributed by atoms with Crippen LogP contribution in [0, 0.1) is 5.82 Å². The average Bonchev–Trinajstić information content (AvgIpc) is 2.65. The lowest BCUT2D eigenvalue weighted by Crippen LogP contribution is -2.43. The second-order valence-electron chi connectivity index (χ2n) is 5.28. The molecule has 3 aromatic rings. The van der Waals surface area contributed by atoms with Crippen molar-refractivity contribution in [3.63, 3.8) is 0 Å². The highest BCUT2D eigenvalue weighted by atomic mass is 19.1. The maximum absolute atomic E-state index is 13.4. The van der Waals surface area contributed by atoms with E-state index in [1.165, 1.54) is 18.2 Å². The minimum absolute atomic E-state index is 0.0292. The third-order valence-corrected chi connectivity index (χ3v) is 3.52. The largest absolute Gasteiger partial charge is 0.481 e. The van der Waals surface area contributed by atoms with E-state index in [4.69, 9.17) is 4.74 Å². The summed E-state index contributed by atoms with van der Waals surface area (Å²) in [6, 6.07) is 18.6. The highest BCUT2D eigenvalue weighted by molar-refractivity contribution is 5.99. The molecule has 0 radical (unpaired) electrons. The summed E-state index contributed by atoms with van der Waals surface area (Å²) < 4.78 is 18.4. The third kappa shape index (κ3) is 4.11. The number of benzene rings is 3. The molecular weight excluding hydrogens is 323 g/mol. The summed E-state index contributed by atoms with van der Waals surface area (Å²) in [5.41, 5.74) is 4.95. The van der Waals surface area contributed by atoms with Crippen molar-refractivity contribution in [1.29, 1.82) is 0 Å². The number of para-hydroxylation sites is 1. The predicted octanol–water partition coefficient (Wildman–Crippen LogP) is 2.82. The molecule has 0 atom stereocenters. The molecule has 0 spiro atoms. The van der Waals surface area contributed by atoms with Crippen molar-refractivity contribution >= 4 is 22.6 Å². The molecule has 0 bridgehead atoms. The zero-order valence-electron chi connectivity index (χ0n) is 13.2. The van der Waals surface area contributed by atoms with Gasteiger partial charge in [0.15, 0.2) is 18.2 Å². The highest BCUT2D eigenvalue weighted by Crippen LogP contribution is 2.16. The van der Waals surface area contributed by atoms with Crippen LogP contribution in [0.25, 0.3) is 10.8 Å². The molecule has 2 amide bonds. The number of amides is 2. The van der Waals surface area contributed by atoms with Crippen LogP contribution in [0.2, 0.25) is 0 Å². The Labute approximate surface area is 143 Å². The highest BCUT2D eigenvalue weighted by Gasteiger charge is 2.09. The number of hydrazine groups is 1. The van der Waals surface area contributed by atoms with E-state index >= 15 is 0 Å². The molecule has 25 heavy (non-hydrogen) atoms. The number of halogens is 1. The van der Waals surface area contributed by atoms with Crippen LogP contribution in [0.5, 0.6) is 5.75 Å². The molecule has 0 fully saturated rings. The van der Waals surface area contributed by atoms with Gasteiger partial charge in [-0.15, -0.1) is 0 Å². The standard InChI is InChI=1S/C19H15FN2O3/c20-16-7-3-4-8-17(16)25-12-18(23)21-22-19(24)15-10-9-13-5-1-2-6-14(13)11-15/h1-11H,12H2,(H,21,23)(H,22,24). The molecule has 0 aliphatic carbocycles. The summed E-state index contributed by atoms with van der Waals surface area (Å²) in [4.78, 5) is 23.8. The lowest BCUT2D eigenvalue weighted by atomic mass is 10.1. The van der Waals surface area contributed by atoms with E-state index in [0.29, 0.717) is 5.56 Å². The number of ether oxygens (including phenoxy) is 1. The van der Waals surface area contributed by atoms with E-state index in [2.05, 4.69) is 10.9 Å². The lowest BCUT2D eigenvalue weighted by molar-refractivity contribution is -0.123. The molecule has 0 saturated heterocycles. The first-order chi connectivity index (χ1) is 12.1. The van der Waals surface area contributed by atoms with E-state index in [9.17, 15) is 14.0 Å². The van der Waals surface area contributed by atoms with Crippen molar-refractivity contribution in [2.24, 2.45) is 0 Å². The van der Waals surface area contributed by atoms with Gasteiger partial charge in [-0.1, -0.05) is 42.5 Å². The number of fused-ring (bicyclic) bond motifs is 1. The van der Waals surface area contributed by atoms with E-state index in [1.807, 2.05) is 30.3 Å². The Kier molecular flexibility index (Phi) is 4.89. The summed E-state index contributed by atoms with van der Waals surface area (Å²) in [5.74, 6) is -1.64. The van der Waals surface area contributed by atoms with Gasteiger partial charge in [-0.3, -0.25) is 20.4 Å². The van der Waals surface area contributed by atoms with Gasteiger partial charge in [-0.25, -0.2) is 4.39 Å². The molecule has 0 aliphatic heterocycles.